The number of sulfonamides is 1. The third-order valence-electron chi connectivity index (χ3n) is 6.98. The Labute approximate surface area is 229 Å². The van der Waals surface area contributed by atoms with Crippen LogP contribution in [-0.4, -0.2) is 45.0 Å². The van der Waals surface area contributed by atoms with Crippen LogP contribution in [0.25, 0.3) is 22.0 Å². The van der Waals surface area contributed by atoms with Crippen LogP contribution in [0.5, 0.6) is 0 Å². The number of carbonyl (C=O) groups is 1. The summed E-state index contributed by atoms with van der Waals surface area (Å²) in [5.74, 6) is -0.154. The van der Waals surface area contributed by atoms with Gasteiger partial charge >= 0.3 is 0 Å². The molecule has 0 saturated carbocycles. The van der Waals surface area contributed by atoms with E-state index in [9.17, 15) is 23.1 Å². The zero-order chi connectivity index (χ0) is 28.0. The number of hydrogen-bond donors (Lipinski definition) is 2. The predicted molar refractivity (Wildman–Crippen MR) is 148 cm³/mol. The van der Waals surface area contributed by atoms with Crippen LogP contribution in [0.15, 0.2) is 88.7 Å². The van der Waals surface area contributed by atoms with E-state index in [2.05, 4.69) is 15.0 Å². The molecule has 2 aromatic heterocycles. The molecule has 3 aromatic carbocycles. The molecule has 0 bridgehead atoms. The maximum Gasteiger partial charge on any atom is 0.259 e. The number of aliphatic hydroxyl groups is 1. The Morgan fingerprint density at radius 3 is 2.33 bits per heavy atom. The first-order chi connectivity index (χ1) is 19.2. The second-order valence-corrected chi connectivity index (χ2v) is 11.5. The van der Waals surface area contributed by atoms with Crippen molar-refractivity contribution in [3.63, 3.8) is 0 Å². The van der Waals surface area contributed by atoms with Gasteiger partial charge in [-0.15, -0.1) is 5.10 Å². The average Bonchev–Trinajstić information content (AvgIpc) is 3.52. The zero-order valence-corrected chi connectivity index (χ0v) is 22.3. The topological polar surface area (TPSA) is 136 Å². The Bertz CT molecular complexity index is 1940. The molecule has 1 aliphatic rings. The molecule has 0 fully saturated rings. The number of carbonyl (C=O) groups excluding carboxylic acids is 1. The summed E-state index contributed by atoms with van der Waals surface area (Å²) in [6.45, 7) is 1.71. The van der Waals surface area contributed by atoms with Crippen molar-refractivity contribution in [3.8, 4) is 11.3 Å². The van der Waals surface area contributed by atoms with Crippen LogP contribution in [-0.2, 0) is 29.7 Å². The first-order valence-corrected chi connectivity index (χ1v) is 14.1. The monoisotopic (exact) mass is 555 g/mol. The van der Waals surface area contributed by atoms with Crippen molar-refractivity contribution in [1.29, 1.82) is 0 Å². The Balaban J connectivity index is 1.23. The highest BCUT2D eigenvalue weighted by molar-refractivity contribution is 7.89. The minimum atomic E-state index is -3.73. The SMILES string of the molecule is Cc1ccc(S(=O)(=O)NCc2cn(CC(O)Cn3c4c(c5ccccc5c3=O)C(=O)c3ccccc3-4)nn2)cc1. The highest BCUT2D eigenvalue weighted by atomic mass is 32.2. The lowest BCUT2D eigenvalue weighted by Crippen LogP contribution is -2.31. The average molecular weight is 556 g/mol. The van der Waals surface area contributed by atoms with Gasteiger partial charge in [-0.05, 0) is 25.1 Å². The van der Waals surface area contributed by atoms with Gasteiger partial charge in [0.2, 0.25) is 10.0 Å². The van der Waals surface area contributed by atoms with E-state index in [-0.39, 0.29) is 35.9 Å². The fourth-order valence-electron chi connectivity index (χ4n) is 5.07. The molecule has 1 aliphatic carbocycles. The second kappa shape index (κ2) is 9.94. The number of rotatable bonds is 8. The zero-order valence-electron chi connectivity index (χ0n) is 21.5. The number of aliphatic hydroxyl groups excluding tert-OH is 1. The van der Waals surface area contributed by atoms with Crippen LogP contribution >= 0.6 is 0 Å². The van der Waals surface area contributed by atoms with E-state index in [1.165, 1.54) is 27.6 Å². The van der Waals surface area contributed by atoms with Crippen molar-refractivity contribution < 1.29 is 18.3 Å². The van der Waals surface area contributed by atoms with Gasteiger partial charge in [-0.1, -0.05) is 65.4 Å². The van der Waals surface area contributed by atoms with Crippen LogP contribution in [0.1, 0.15) is 27.2 Å². The molecule has 1 unspecified atom stereocenters. The lowest BCUT2D eigenvalue weighted by atomic mass is 10.0. The maximum atomic E-state index is 13.6. The number of ketones is 1. The third kappa shape index (κ3) is 4.53. The molecule has 0 amide bonds. The lowest BCUT2D eigenvalue weighted by molar-refractivity contribution is 0.104. The summed E-state index contributed by atoms with van der Waals surface area (Å²) < 4.78 is 30.5. The standard InChI is InChI=1S/C29H25N5O5S/c1-18-10-12-21(13-11-18)40(38,39)30-14-19-15-33(32-31-19)16-20(35)17-34-27-23-7-3-4-8-24(23)28(36)26(27)22-6-2-5-9-25(22)29(34)37/h2-13,15,20,30,35H,14,16-17H2,1H3. The highest BCUT2D eigenvalue weighted by Gasteiger charge is 2.32. The number of nitrogens with zero attached hydrogens (tertiary/aromatic N) is 4. The van der Waals surface area contributed by atoms with E-state index in [4.69, 9.17) is 0 Å². The number of pyridine rings is 1. The number of hydrogen-bond acceptors (Lipinski definition) is 7. The fraction of sp³-hybridized carbons (Fsp3) is 0.172. The Morgan fingerprint density at radius 2 is 1.57 bits per heavy atom. The maximum absolute atomic E-state index is 13.6. The van der Waals surface area contributed by atoms with E-state index < -0.39 is 16.1 Å². The summed E-state index contributed by atoms with van der Waals surface area (Å²) in [6.07, 6.45) is 0.484. The highest BCUT2D eigenvalue weighted by Crippen LogP contribution is 2.39. The second-order valence-electron chi connectivity index (χ2n) is 9.78. The summed E-state index contributed by atoms with van der Waals surface area (Å²) in [6, 6.07) is 20.6. The molecule has 40 heavy (non-hydrogen) atoms. The van der Waals surface area contributed by atoms with Crippen molar-refractivity contribution in [3.05, 3.63) is 112 Å². The van der Waals surface area contributed by atoms with Crippen molar-refractivity contribution in [2.24, 2.45) is 0 Å². The summed E-state index contributed by atoms with van der Waals surface area (Å²) in [7, 11) is -3.73. The molecular weight excluding hydrogens is 530 g/mol. The molecule has 2 heterocycles. The molecule has 5 aromatic rings. The predicted octanol–water partition coefficient (Wildman–Crippen LogP) is 2.65. The van der Waals surface area contributed by atoms with E-state index in [0.29, 0.717) is 38.9 Å². The number of nitrogens with one attached hydrogen (secondary N) is 1. The van der Waals surface area contributed by atoms with Crippen molar-refractivity contribution >= 4 is 26.6 Å². The molecule has 6 rings (SSSR count). The van der Waals surface area contributed by atoms with Gasteiger partial charge in [0.15, 0.2) is 5.78 Å². The summed E-state index contributed by atoms with van der Waals surface area (Å²) in [4.78, 5) is 27.0. The number of aromatic nitrogens is 4. The molecule has 1 atom stereocenters. The van der Waals surface area contributed by atoms with Gasteiger partial charge < -0.3 is 9.67 Å². The van der Waals surface area contributed by atoms with Crippen molar-refractivity contribution in [1.82, 2.24) is 24.3 Å². The van der Waals surface area contributed by atoms with Crippen molar-refractivity contribution in [2.75, 3.05) is 0 Å². The van der Waals surface area contributed by atoms with Gasteiger partial charge in [-0.2, -0.15) is 0 Å². The van der Waals surface area contributed by atoms with Crippen LogP contribution < -0.4 is 10.3 Å². The molecule has 11 heteroatoms. The van der Waals surface area contributed by atoms with Crippen LogP contribution in [0.2, 0.25) is 0 Å². The first-order valence-electron chi connectivity index (χ1n) is 12.7. The Morgan fingerprint density at radius 1 is 0.900 bits per heavy atom. The molecule has 0 radical (unpaired) electrons. The van der Waals surface area contributed by atoms with E-state index in [0.717, 1.165) is 5.56 Å². The number of fused-ring (bicyclic) bond motifs is 5. The van der Waals surface area contributed by atoms with E-state index in [1.807, 2.05) is 13.0 Å². The number of aryl methyl sites for hydroxylation is 1. The molecule has 10 nitrogen and oxygen atoms in total. The molecule has 202 valence electrons. The molecule has 0 saturated heterocycles. The van der Waals surface area contributed by atoms with Crippen LogP contribution in [0.3, 0.4) is 0 Å². The summed E-state index contributed by atoms with van der Waals surface area (Å²) in [5, 5.41) is 20.0. The van der Waals surface area contributed by atoms with Gasteiger partial charge in [0, 0.05) is 28.1 Å². The summed E-state index contributed by atoms with van der Waals surface area (Å²) in [5.41, 5.74) is 3.13. The Hall–Kier alpha value is -4.45. The fourth-order valence-corrected chi connectivity index (χ4v) is 6.07. The van der Waals surface area contributed by atoms with Gasteiger partial charge in [0.25, 0.3) is 5.56 Å². The normalized spacial score (nSPS) is 13.4. The van der Waals surface area contributed by atoms with Crippen LogP contribution in [0.4, 0.5) is 0 Å². The number of benzene rings is 3. The molecule has 0 aliphatic heterocycles. The Kier molecular flexibility index (Phi) is 6.41. The quantitative estimate of drug-likeness (QED) is 0.295. The molecular formula is C29H25N5O5S. The first kappa shape index (κ1) is 25.8. The van der Waals surface area contributed by atoms with Gasteiger partial charge in [0.1, 0.15) is 0 Å². The molecule has 0 spiro atoms. The van der Waals surface area contributed by atoms with Gasteiger partial charge in [0.05, 0.1) is 47.6 Å². The molecule has 2 N–H and O–H groups in total. The van der Waals surface area contributed by atoms with Gasteiger partial charge in [-0.3, -0.25) is 9.59 Å². The van der Waals surface area contributed by atoms with Gasteiger partial charge in [-0.25, -0.2) is 17.8 Å². The van der Waals surface area contributed by atoms with E-state index >= 15 is 0 Å². The largest absolute Gasteiger partial charge is 0.389 e. The smallest absolute Gasteiger partial charge is 0.259 e. The van der Waals surface area contributed by atoms with Crippen molar-refractivity contribution in [2.45, 2.75) is 37.6 Å². The minimum Gasteiger partial charge on any atom is -0.389 e. The van der Waals surface area contributed by atoms with Crippen LogP contribution in [0, 0.1) is 6.92 Å². The third-order valence-corrected chi connectivity index (χ3v) is 8.40. The van der Waals surface area contributed by atoms with E-state index in [1.54, 1.807) is 54.6 Å². The lowest BCUT2D eigenvalue weighted by Gasteiger charge is -2.18. The minimum absolute atomic E-state index is 0.00133. The summed E-state index contributed by atoms with van der Waals surface area (Å²) >= 11 is 0.